The quantitative estimate of drug-likeness (QED) is 0.324. The highest BCUT2D eigenvalue weighted by molar-refractivity contribution is 5.94. The molecule has 4 rings (SSSR count). The molecule has 0 aliphatic carbocycles. The Kier molecular flexibility index (Phi) is 7.08. The van der Waals surface area contributed by atoms with Gasteiger partial charge in [-0.3, -0.25) is 4.79 Å². The highest BCUT2D eigenvalue weighted by Crippen LogP contribution is 2.22. The molecule has 0 aliphatic rings. The van der Waals surface area contributed by atoms with E-state index in [1.807, 2.05) is 68.4 Å². The molecule has 5 nitrogen and oxygen atoms in total. The number of ether oxygens (including phenoxy) is 1. The van der Waals surface area contributed by atoms with Crippen molar-refractivity contribution in [1.82, 2.24) is 14.9 Å². The van der Waals surface area contributed by atoms with Gasteiger partial charge in [-0.1, -0.05) is 47.5 Å². The van der Waals surface area contributed by atoms with Crippen LogP contribution >= 0.6 is 0 Å². The first-order valence-corrected chi connectivity index (χ1v) is 11.5. The van der Waals surface area contributed by atoms with Gasteiger partial charge in [0, 0.05) is 12.1 Å². The van der Waals surface area contributed by atoms with Crippen LogP contribution < -0.4 is 10.1 Å². The first-order chi connectivity index (χ1) is 16.0. The molecule has 1 unspecified atom stereocenters. The van der Waals surface area contributed by atoms with E-state index in [1.54, 1.807) is 0 Å². The predicted molar refractivity (Wildman–Crippen MR) is 133 cm³/mol. The van der Waals surface area contributed by atoms with Crippen LogP contribution in [0.5, 0.6) is 5.75 Å². The van der Waals surface area contributed by atoms with Crippen molar-refractivity contribution in [2.24, 2.45) is 0 Å². The number of hydrogen-bond donors (Lipinski definition) is 1. The molecule has 3 aromatic carbocycles. The molecule has 1 aromatic heterocycles. The van der Waals surface area contributed by atoms with E-state index >= 15 is 0 Å². The number of para-hydroxylation sites is 2. The number of imidazole rings is 1. The number of amides is 1. The molecule has 1 amide bonds. The Labute approximate surface area is 195 Å². The molecule has 0 saturated carbocycles. The highest BCUT2D eigenvalue weighted by atomic mass is 16.5. The Morgan fingerprint density at radius 1 is 0.970 bits per heavy atom. The number of carbonyl (C=O) groups excluding carboxylic acids is 1. The molecule has 0 aliphatic heterocycles. The van der Waals surface area contributed by atoms with E-state index in [-0.39, 0.29) is 11.9 Å². The summed E-state index contributed by atoms with van der Waals surface area (Å²) in [6.45, 7) is 7.54. The molecule has 0 fully saturated rings. The van der Waals surface area contributed by atoms with Crippen LogP contribution in [0.4, 0.5) is 0 Å². The first kappa shape index (κ1) is 22.6. The normalized spacial score (nSPS) is 12.0. The van der Waals surface area contributed by atoms with Crippen LogP contribution in [0.1, 0.15) is 53.1 Å². The maximum Gasteiger partial charge on any atom is 0.251 e. The van der Waals surface area contributed by atoms with Gasteiger partial charge in [-0.15, -0.1) is 0 Å². The second-order valence-corrected chi connectivity index (χ2v) is 8.54. The fourth-order valence-corrected chi connectivity index (χ4v) is 3.99. The van der Waals surface area contributed by atoms with Crippen LogP contribution in [0, 0.1) is 13.8 Å². The summed E-state index contributed by atoms with van der Waals surface area (Å²) < 4.78 is 8.10. The van der Waals surface area contributed by atoms with E-state index in [4.69, 9.17) is 9.72 Å². The van der Waals surface area contributed by atoms with Crippen LogP contribution in [-0.4, -0.2) is 22.1 Å². The van der Waals surface area contributed by atoms with Gasteiger partial charge < -0.3 is 14.6 Å². The van der Waals surface area contributed by atoms with Gasteiger partial charge in [0.1, 0.15) is 11.6 Å². The van der Waals surface area contributed by atoms with Crippen molar-refractivity contribution in [2.75, 3.05) is 6.61 Å². The fraction of sp³-hybridized carbons (Fsp3) is 0.286. The molecular weight excluding hydrogens is 410 g/mol. The minimum Gasteiger partial charge on any atom is -0.494 e. The van der Waals surface area contributed by atoms with Gasteiger partial charge in [-0.25, -0.2) is 4.98 Å². The van der Waals surface area contributed by atoms with Crippen molar-refractivity contribution in [1.29, 1.82) is 0 Å². The summed E-state index contributed by atoms with van der Waals surface area (Å²) in [4.78, 5) is 17.6. The molecule has 170 valence electrons. The summed E-state index contributed by atoms with van der Waals surface area (Å²) in [6.07, 6.45) is 1.89. The van der Waals surface area contributed by atoms with Crippen molar-refractivity contribution in [3.05, 3.63) is 95.3 Å². The minimum absolute atomic E-state index is 0.0868. The monoisotopic (exact) mass is 441 g/mol. The Hall–Kier alpha value is -3.60. The molecule has 0 spiro atoms. The summed E-state index contributed by atoms with van der Waals surface area (Å²) >= 11 is 0. The highest BCUT2D eigenvalue weighted by Gasteiger charge is 2.19. The van der Waals surface area contributed by atoms with E-state index in [9.17, 15) is 4.79 Å². The van der Waals surface area contributed by atoms with Crippen molar-refractivity contribution < 1.29 is 9.53 Å². The fourth-order valence-electron chi connectivity index (χ4n) is 3.99. The number of benzene rings is 3. The van der Waals surface area contributed by atoms with E-state index in [2.05, 4.69) is 35.0 Å². The molecule has 33 heavy (non-hydrogen) atoms. The zero-order valence-electron chi connectivity index (χ0n) is 19.5. The predicted octanol–water partition coefficient (Wildman–Crippen LogP) is 6.00. The molecule has 1 heterocycles. The van der Waals surface area contributed by atoms with Crippen LogP contribution in [0.15, 0.2) is 72.8 Å². The van der Waals surface area contributed by atoms with E-state index in [0.717, 1.165) is 47.6 Å². The van der Waals surface area contributed by atoms with Gasteiger partial charge >= 0.3 is 0 Å². The third-order valence-corrected chi connectivity index (χ3v) is 5.77. The zero-order chi connectivity index (χ0) is 23.2. The van der Waals surface area contributed by atoms with Crippen LogP contribution in [0.2, 0.25) is 0 Å². The Morgan fingerprint density at radius 2 is 1.76 bits per heavy atom. The number of rotatable bonds is 9. The van der Waals surface area contributed by atoms with Gasteiger partial charge in [-0.05, 0) is 70.0 Å². The molecule has 0 saturated heterocycles. The maximum absolute atomic E-state index is 12.8. The molecule has 1 atom stereocenters. The van der Waals surface area contributed by atoms with Gasteiger partial charge in [-0.2, -0.15) is 0 Å². The summed E-state index contributed by atoms with van der Waals surface area (Å²) in [7, 11) is 0. The summed E-state index contributed by atoms with van der Waals surface area (Å²) in [6, 6.07) is 23.7. The summed E-state index contributed by atoms with van der Waals surface area (Å²) in [5.74, 6) is 1.69. The minimum atomic E-state index is -0.214. The SMILES string of the molecule is Cc1ccc(OCCCCn2c(C(C)NC(=O)c3cccc(C)c3)nc3ccccc32)cc1. The number of nitrogens with zero attached hydrogens (tertiary/aromatic N) is 2. The van der Waals surface area contributed by atoms with Crippen molar-refractivity contribution >= 4 is 16.9 Å². The van der Waals surface area contributed by atoms with Gasteiger partial charge in [0.15, 0.2) is 0 Å². The van der Waals surface area contributed by atoms with Crippen molar-refractivity contribution in [2.45, 2.75) is 46.2 Å². The molecule has 0 bridgehead atoms. The van der Waals surface area contributed by atoms with E-state index in [1.165, 1.54) is 5.56 Å². The zero-order valence-corrected chi connectivity index (χ0v) is 19.5. The van der Waals surface area contributed by atoms with E-state index in [0.29, 0.717) is 12.2 Å². The van der Waals surface area contributed by atoms with Crippen molar-refractivity contribution in [3.8, 4) is 5.75 Å². The molecule has 5 heteroatoms. The third-order valence-electron chi connectivity index (χ3n) is 5.77. The topological polar surface area (TPSA) is 56.1 Å². The molecular formula is C28H31N3O2. The number of unbranched alkanes of at least 4 members (excludes halogenated alkanes) is 1. The Bertz CT molecular complexity index is 1230. The lowest BCUT2D eigenvalue weighted by atomic mass is 10.1. The number of carbonyl (C=O) groups is 1. The van der Waals surface area contributed by atoms with Crippen molar-refractivity contribution in [3.63, 3.8) is 0 Å². The lowest BCUT2D eigenvalue weighted by molar-refractivity contribution is 0.0937. The van der Waals surface area contributed by atoms with Gasteiger partial charge in [0.2, 0.25) is 0 Å². The number of nitrogens with one attached hydrogen (secondary N) is 1. The Balaban J connectivity index is 1.42. The number of aryl methyl sites for hydroxylation is 3. The smallest absolute Gasteiger partial charge is 0.251 e. The summed E-state index contributed by atoms with van der Waals surface area (Å²) in [5.41, 5.74) is 4.99. The first-order valence-electron chi connectivity index (χ1n) is 11.5. The van der Waals surface area contributed by atoms with Gasteiger partial charge in [0.25, 0.3) is 5.91 Å². The standard InChI is InChI=1S/C28H31N3O2/c1-20-13-15-24(16-14-20)33-18-7-6-17-31-26-12-5-4-11-25(26)30-27(31)22(3)29-28(32)23-10-8-9-21(2)19-23/h4-5,8-16,19,22H,6-7,17-18H2,1-3H3,(H,29,32). The lowest BCUT2D eigenvalue weighted by Crippen LogP contribution is -2.28. The van der Waals surface area contributed by atoms with Crippen LogP contribution in [0.3, 0.4) is 0 Å². The lowest BCUT2D eigenvalue weighted by Gasteiger charge is -2.17. The van der Waals surface area contributed by atoms with Gasteiger partial charge in [0.05, 0.1) is 23.7 Å². The number of aromatic nitrogens is 2. The molecule has 0 radical (unpaired) electrons. The second-order valence-electron chi connectivity index (χ2n) is 8.54. The Morgan fingerprint density at radius 3 is 2.55 bits per heavy atom. The average Bonchev–Trinajstić information content (AvgIpc) is 3.19. The molecule has 4 aromatic rings. The largest absolute Gasteiger partial charge is 0.494 e. The van der Waals surface area contributed by atoms with Crippen LogP contribution in [0.25, 0.3) is 11.0 Å². The van der Waals surface area contributed by atoms with E-state index < -0.39 is 0 Å². The third kappa shape index (κ3) is 5.61. The number of hydrogen-bond acceptors (Lipinski definition) is 3. The average molecular weight is 442 g/mol. The number of fused-ring (bicyclic) bond motifs is 1. The second kappa shape index (κ2) is 10.3. The maximum atomic E-state index is 12.8. The molecule has 1 N–H and O–H groups in total. The van der Waals surface area contributed by atoms with Crippen LogP contribution in [-0.2, 0) is 6.54 Å². The summed E-state index contributed by atoms with van der Waals surface area (Å²) in [5, 5.41) is 3.12.